The maximum Gasteiger partial charge on any atom is 0.417 e. The molecule has 0 aliphatic heterocycles. The number of rotatable bonds is 5. The molecule has 0 aliphatic carbocycles. The van der Waals surface area contributed by atoms with Gasteiger partial charge in [0.2, 0.25) is 11.8 Å². The predicted molar refractivity (Wildman–Crippen MR) is 121 cm³/mol. The van der Waals surface area contributed by atoms with E-state index >= 15 is 4.39 Å². The third kappa shape index (κ3) is 4.94. The normalized spacial score (nSPS) is 11.5. The van der Waals surface area contributed by atoms with Crippen LogP contribution in [0.4, 0.5) is 34.8 Å². The molecule has 4 aromatic rings. The van der Waals surface area contributed by atoms with Crippen LogP contribution in [-0.4, -0.2) is 26.4 Å². The third-order valence-corrected chi connectivity index (χ3v) is 5.49. The molecule has 0 spiro atoms. The topological polar surface area (TPSA) is 79.6 Å². The van der Waals surface area contributed by atoms with E-state index < -0.39 is 40.8 Å². The number of nitrogens with zero attached hydrogens (tertiary/aromatic N) is 4. The summed E-state index contributed by atoms with van der Waals surface area (Å²) in [5.41, 5.74) is -0.770. The van der Waals surface area contributed by atoms with E-state index in [0.29, 0.717) is 0 Å². The summed E-state index contributed by atoms with van der Waals surface area (Å²) < 4.78 is 55.6. The molecule has 35 heavy (non-hydrogen) atoms. The van der Waals surface area contributed by atoms with E-state index in [0.717, 1.165) is 11.0 Å². The first-order chi connectivity index (χ1) is 16.6. The van der Waals surface area contributed by atoms with Crippen LogP contribution in [-0.2, 0) is 22.2 Å². The number of hydrogen-bond donors (Lipinski definition) is 1. The summed E-state index contributed by atoms with van der Waals surface area (Å²) in [5, 5.41) is 5.92. The van der Waals surface area contributed by atoms with E-state index in [1.165, 1.54) is 66.4 Å². The van der Waals surface area contributed by atoms with Crippen molar-refractivity contribution in [1.29, 1.82) is 0 Å². The van der Waals surface area contributed by atoms with E-state index in [4.69, 9.17) is 11.6 Å². The van der Waals surface area contributed by atoms with E-state index in [9.17, 15) is 22.8 Å². The zero-order chi connectivity index (χ0) is 25.3. The summed E-state index contributed by atoms with van der Waals surface area (Å²) in [6.07, 6.45) is -0.898. The van der Waals surface area contributed by atoms with Gasteiger partial charge in [-0.05, 0) is 29.8 Å². The first-order valence-electron chi connectivity index (χ1n) is 10.1. The van der Waals surface area contributed by atoms with Crippen LogP contribution in [0.25, 0.3) is 5.52 Å². The van der Waals surface area contributed by atoms with Crippen LogP contribution in [0.5, 0.6) is 0 Å². The van der Waals surface area contributed by atoms with Crippen molar-refractivity contribution < 1.29 is 27.2 Å². The molecule has 0 saturated heterocycles. The summed E-state index contributed by atoms with van der Waals surface area (Å²) in [6, 6.07) is 8.88. The maximum absolute atomic E-state index is 15.1. The van der Waals surface area contributed by atoms with E-state index in [-0.39, 0.29) is 28.3 Å². The molecule has 7 nitrogen and oxygen atoms in total. The molecule has 3 aromatic heterocycles. The molecule has 180 valence electrons. The number of anilines is 3. The Morgan fingerprint density at radius 3 is 2.63 bits per heavy atom. The Kier molecular flexibility index (Phi) is 6.44. The van der Waals surface area contributed by atoms with Gasteiger partial charge in [-0.2, -0.15) is 18.3 Å². The van der Waals surface area contributed by atoms with E-state index in [2.05, 4.69) is 15.4 Å². The molecule has 0 aliphatic rings. The fraction of sp³-hybridized carbons (Fsp3) is 0.130. The van der Waals surface area contributed by atoms with Crippen molar-refractivity contribution in [2.75, 3.05) is 10.2 Å². The molecule has 3 heterocycles. The minimum absolute atomic E-state index is 0.00480. The van der Waals surface area contributed by atoms with Gasteiger partial charge in [-0.15, -0.1) is 0 Å². The van der Waals surface area contributed by atoms with Gasteiger partial charge in [0.25, 0.3) is 0 Å². The third-order valence-electron chi connectivity index (χ3n) is 5.04. The lowest BCUT2D eigenvalue weighted by molar-refractivity contribution is -0.137. The monoisotopic (exact) mass is 505 g/mol. The van der Waals surface area contributed by atoms with Gasteiger partial charge in [0.15, 0.2) is 5.82 Å². The van der Waals surface area contributed by atoms with Crippen molar-refractivity contribution >= 4 is 46.1 Å². The number of benzene rings is 1. The molecule has 4 rings (SSSR count). The molecule has 0 bridgehead atoms. The second-order valence-electron chi connectivity index (χ2n) is 7.43. The number of alkyl halides is 3. The van der Waals surface area contributed by atoms with Gasteiger partial charge in [0.05, 0.1) is 28.9 Å². The number of hydrogen-bond acceptors (Lipinski definition) is 4. The summed E-state index contributed by atoms with van der Waals surface area (Å²) in [7, 11) is 0. The Labute approximate surface area is 200 Å². The van der Waals surface area contributed by atoms with Crippen LogP contribution in [0.3, 0.4) is 0 Å². The second kappa shape index (κ2) is 9.34. The number of fused-ring (bicyclic) bond motifs is 1. The number of carbonyl (C=O) groups is 2. The van der Waals surface area contributed by atoms with Crippen LogP contribution in [0.2, 0.25) is 5.02 Å². The molecule has 1 aromatic carbocycles. The van der Waals surface area contributed by atoms with Gasteiger partial charge in [0, 0.05) is 31.1 Å². The lowest BCUT2D eigenvalue weighted by Gasteiger charge is -2.21. The number of pyridine rings is 2. The van der Waals surface area contributed by atoms with Gasteiger partial charge < -0.3 is 5.32 Å². The van der Waals surface area contributed by atoms with Gasteiger partial charge in [-0.25, -0.2) is 13.9 Å². The smallest absolute Gasteiger partial charge is 0.326 e. The van der Waals surface area contributed by atoms with Crippen LogP contribution in [0.15, 0.2) is 61.1 Å². The Hall–Kier alpha value is -3.99. The minimum atomic E-state index is -4.66. The van der Waals surface area contributed by atoms with Crippen molar-refractivity contribution in [2.24, 2.45) is 0 Å². The Morgan fingerprint density at radius 1 is 1.14 bits per heavy atom. The van der Waals surface area contributed by atoms with Crippen molar-refractivity contribution in [3.63, 3.8) is 0 Å². The molecule has 0 radical (unpaired) electrons. The first kappa shape index (κ1) is 24.1. The Balaban J connectivity index is 1.59. The largest absolute Gasteiger partial charge is 0.417 e. The fourth-order valence-corrected chi connectivity index (χ4v) is 3.81. The summed E-state index contributed by atoms with van der Waals surface area (Å²) >= 11 is 5.86. The van der Waals surface area contributed by atoms with Crippen LogP contribution < -0.4 is 10.2 Å². The molecule has 0 saturated carbocycles. The molecule has 0 fully saturated rings. The molecule has 12 heteroatoms. The lowest BCUT2D eigenvalue weighted by Crippen LogP contribution is -2.25. The van der Waals surface area contributed by atoms with E-state index in [1.807, 2.05) is 0 Å². The average molecular weight is 506 g/mol. The highest BCUT2D eigenvalue weighted by atomic mass is 35.5. The predicted octanol–water partition coefficient (Wildman–Crippen LogP) is 5.41. The lowest BCUT2D eigenvalue weighted by atomic mass is 10.1. The van der Waals surface area contributed by atoms with Crippen molar-refractivity contribution in [2.45, 2.75) is 19.5 Å². The summed E-state index contributed by atoms with van der Waals surface area (Å²) in [6.45, 7) is 1.22. The minimum Gasteiger partial charge on any atom is -0.326 e. The first-order valence-corrected chi connectivity index (χ1v) is 10.5. The number of aromatic nitrogens is 3. The molecule has 1 N–H and O–H groups in total. The standard InChI is InChI=1S/C23H16ClF4N5O2/c1-13(34)33(18-7-10-32-17(22(18)25)6-9-30-32)19-12-15(5-8-29-19)31-20(35)11-14-3-2-4-16(21(14)24)23(26,27)28/h2-10,12H,11H2,1H3,(H,29,31,35). The summed E-state index contributed by atoms with van der Waals surface area (Å²) in [5.74, 6) is -1.87. The fourth-order valence-electron chi connectivity index (χ4n) is 3.51. The Morgan fingerprint density at radius 2 is 1.91 bits per heavy atom. The summed E-state index contributed by atoms with van der Waals surface area (Å²) in [4.78, 5) is 30.1. The van der Waals surface area contributed by atoms with Crippen LogP contribution >= 0.6 is 11.6 Å². The van der Waals surface area contributed by atoms with Gasteiger partial charge in [0.1, 0.15) is 11.3 Å². The van der Waals surface area contributed by atoms with Crippen molar-refractivity contribution in [3.8, 4) is 0 Å². The Bertz CT molecular complexity index is 1440. The van der Waals surface area contributed by atoms with Crippen LogP contribution in [0.1, 0.15) is 18.1 Å². The SMILES string of the molecule is CC(=O)N(c1cc(NC(=O)Cc2cccc(C(F)(F)F)c2Cl)ccn1)c1ccn2nccc2c1F. The van der Waals surface area contributed by atoms with Crippen LogP contribution in [0, 0.1) is 5.82 Å². The molecular formula is C23H16ClF4N5O2. The van der Waals surface area contributed by atoms with Gasteiger partial charge in [-0.3, -0.25) is 14.5 Å². The van der Waals surface area contributed by atoms with Crippen molar-refractivity contribution in [1.82, 2.24) is 14.6 Å². The number of halogens is 5. The number of amides is 2. The van der Waals surface area contributed by atoms with Crippen molar-refractivity contribution in [3.05, 3.63) is 83.0 Å². The number of nitrogens with one attached hydrogen (secondary N) is 1. The zero-order valence-corrected chi connectivity index (χ0v) is 18.7. The number of carbonyl (C=O) groups excluding carboxylic acids is 2. The average Bonchev–Trinajstić information content (AvgIpc) is 3.26. The van der Waals surface area contributed by atoms with Gasteiger partial charge >= 0.3 is 6.18 Å². The highest BCUT2D eigenvalue weighted by molar-refractivity contribution is 6.32. The highest BCUT2D eigenvalue weighted by Crippen LogP contribution is 2.36. The quantitative estimate of drug-likeness (QED) is 0.368. The molecule has 0 atom stereocenters. The van der Waals surface area contributed by atoms with Gasteiger partial charge in [-0.1, -0.05) is 23.7 Å². The van der Waals surface area contributed by atoms with E-state index in [1.54, 1.807) is 0 Å². The zero-order valence-electron chi connectivity index (χ0n) is 18.0. The highest BCUT2D eigenvalue weighted by Gasteiger charge is 2.34. The molecule has 0 unspecified atom stereocenters. The molecular weight excluding hydrogens is 490 g/mol. The second-order valence-corrected chi connectivity index (χ2v) is 7.81. The maximum atomic E-state index is 15.1. The molecule has 2 amide bonds.